The van der Waals surface area contributed by atoms with Gasteiger partial charge in [-0.15, -0.1) is 0 Å². The summed E-state index contributed by atoms with van der Waals surface area (Å²) in [5, 5.41) is 7.52. The molecule has 20 heavy (non-hydrogen) atoms. The summed E-state index contributed by atoms with van der Waals surface area (Å²) in [7, 11) is 0. The molecule has 2 amide bonds. The Kier molecular flexibility index (Phi) is 4.65. The van der Waals surface area contributed by atoms with Crippen molar-refractivity contribution in [3.63, 3.8) is 0 Å². The molecule has 0 radical (unpaired) electrons. The van der Waals surface area contributed by atoms with Crippen molar-refractivity contribution < 1.29 is 4.79 Å². The highest BCUT2D eigenvalue weighted by molar-refractivity contribution is 5.74. The van der Waals surface area contributed by atoms with E-state index in [-0.39, 0.29) is 6.03 Å². The van der Waals surface area contributed by atoms with Crippen LogP contribution in [-0.2, 0) is 0 Å². The molecule has 1 aromatic heterocycles. The van der Waals surface area contributed by atoms with E-state index in [0.717, 1.165) is 5.69 Å². The highest BCUT2D eigenvalue weighted by Gasteiger charge is 1.99. The molecule has 0 saturated carbocycles. The second-order valence-corrected chi connectivity index (χ2v) is 4.86. The average Bonchev–Trinajstić information content (AvgIpc) is 2.47. The minimum absolute atomic E-state index is 0.335. The number of carbonyl (C=O) groups excluding carboxylic acids is 1. The van der Waals surface area contributed by atoms with Crippen molar-refractivity contribution in [2.24, 2.45) is 10.9 Å². The molecule has 1 heterocycles. The summed E-state index contributed by atoms with van der Waals surface area (Å²) in [6.45, 7) is 4.69. The molecule has 0 saturated heterocycles. The van der Waals surface area contributed by atoms with Crippen LogP contribution in [0.1, 0.15) is 13.8 Å². The lowest BCUT2D eigenvalue weighted by Crippen LogP contribution is -2.26. The van der Waals surface area contributed by atoms with Crippen molar-refractivity contribution in [1.29, 1.82) is 0 Å². The van der Waals surface area contributed by atoms with Crippen LogP contribution < -0.4 is 10.7 Å². The van der Waals surface area contributed by atoms with E-state index in [1.54, 1.807) is 23.1 Å². The topological polar surface area (TPSA) is 59.3 Å². The number of benzene rings is 1. The van der Waals surface area contributed by atoms with Crippen LogP contribution in [-0.4, -0.2) is 22.4 Å². The molecular weight excluding hydrogens is 252 g/mol. The molecular formula is C15H18N4O. The summed E-state index contributed by atoms with van der Waals surface area (Å²) in [6, 6.07) is 11.2. The van der Waals surface area contributed by atoms with Gasteiger partial charge in [0.25, 0.3) is 0 Å². The zero-order valence-corrected chi connectivity index (χ0v) is 11.7. The molecule has 0 atom stereocenters. The summed E-state index contributed by atoms with van der Waals surface area (Å²) in [5.74, 6) is 0.406. The number of amides is 2. The zero-order valence-electron chi connectivity index (χ0n) is 11.7. The predicted octanol–water partition coefficient (Wildman–Crippen LogP) is 2.14. The molecule has 0 aliphatic heterocycles. The molecule has 0 bridgehead atoms. The number of aromatic nitrogens is 2. The molecule has 0 fully saturated rings. The first-order valence-corrected chi connectivity index (χ1v) is 6.58. The van der Waals surface area contributed by atoms with Gasteiger partial charge < -0.3 is 5.32 Å². The first-order valence-electron chi connectivity index (χ1n) is 6.58. The molecule has 5 heteroatoms. The maximum atomic E-state index is 11.6. The first-order chi connectivity index (χ1) is 9.65. The van der Waals surface area contributed by atoms with Gasteiger partial charge in [-0.3, -0.25) is 0 Å². The average molecular weight is 270 g/mol. The Morgan fingerprint density at radius 3 is 2.65 bits per heavy atom. The monoisotopic (exact) mass is 270 g/mol. The summed E-state index contributed by atoms with van der Waals surface area (Å²) < 4.78 is 1.73. The van der Waals surface area contributed by atoms with Crippen molar-refractivity contribution in [1.82, 2.24) is 15.1 Å². The van der Waals surface area contributed by atoms with Gasteiger partial charge in [0.15, 0.2) is 0 Å². The van der Waals surface area contributed by atoms with E-state index in [2.05, 4.69) is 15.4 Å². The fourth-order valence-corrected chi connectivity index (χ4v) is 1.60. The van der Waals surface area contributed by atoms with E-state index in [9.17, 15) is 4.79 Å². The lowest BCUT2D eigenvalue weighted by molar-refractivity contribution is 0.247. The van der Waals surface area contributed by atoms with Crippen LogP contribution in [0.4, 0.5) is 4.79 Å². The highest BCUT2D eigenvalue weighted by atomic mass is 16.2. The van der Waals surface area contributed by atoms with E-state index in [1.165, 1.54) is 0 Å². The van der Waals surface area contributed by atoms with E-state index < -0.39 is 0 Å². The Balaban J connectivity index is 2.10. The highest BCUT2D eigenvalue weighted by Crippen LogP contribution is 2.02. The molecule has 2 aromatic rings. The lowest BCUT2D eigenvalue weighted by atomic mass is 10.2. The largest absolute Gasteiger partial charge is 0.341 e. The minimum atomic E-state index is -0.335. The van der Waals surface area contributed by atoms with Gasteiger partial charge >= 0.3 is 6.03 Å². The molecule has 0 unspecified atom stereocenters. The van der Waals surface area contributed by atoms with E-state index >= 15 is 0 Å². The third-order valence-corrected chi connectivity index (χ3v) is 2.61. The summed E-state index contributed by atoms with van der Waals surface area (Å²) in [6.07, 6.45) is 3.35. The maximum absolute atomic E-state index is 11.6. The number of urea groups is 1. The quantitative estimate of drug-likeness (QED) is 0.929. The van der Waals surface area contributed by atoms with E-state index in [4.69, 9.17) is 0 Å². The Morgan fingerprint density at radius 2 is 2.05 bits per heavy atom. The Hall–Kier alpha value is -2.43. The first kappa shape index (κ1) is 14.0. The molecule has 5 nitrogen and oxygen atoms in total. The minimum Gasteiger partial charge on any atom is -0.336 e. The van der Waals surface area contributed by atoms with Crippen LogP contribution in [0.5, 0.6) is 0 Å². The summed E-state index contributed by atoms with van der Waals surface area (Å²) >= 11 is 0. The van der Waals surface area contributed by atoms with Crippen LogP contribution in [0.15, 0.2) is 53.8 Å². The Morgan fingerprint density at radius 1 is 1.30 bits per heavy atom. The lowest BCUT2D eigenvalue weighted by Gasteiger charge is -2.04. The number of nitrogens with one attached hydrogen (secondary N) is 1. The standard InChI is InChI=1S/C15H18N4O/c1-12(2)10-16-15(20)18-13-8-9-19(17-11-13)14-6-4-3-5-7-14/h3-9,11-12H,10H2,1-2H3,(H,16,20). The van der Waals surface area contributed by atoms with Gasteiger partial charge in [0, 0.05) is 12.7 Å². The number of para-hydroxylation sites is 1. The van der Waals surface area contributed by atoms with Gasteiger partial charge in [0.1, 0.15) is 0 Å². The van der Waals surface area contributed by atoms with E-state index in [0.29, 0.717) is 17.8 Å². The van der Waals surface area contributed by atoms with Crippen molar-refractivity contribution in [2.45, 2.75) is 13.8 Å². The Bertz CT molecular complexity index is 611. The van der Waals surface area contributed by atoms with Crippen LogP contribution >= 0.6 is 0 Å². The molecule has 104 valence electrons. The number of carbonyl (C=O) groups is 1. The van der Waals surface area contributed by atoms with Gasteiger partial charge in [-0.25, -0.2) is 9.48 Å². The fraction of sp³-hybridized carbons (Fsp3) is 0.267. The molecule has 1 aromatic carbocycles. The van der Waals surface area contributed by atoms with Crippen LogP contribution in [0.2, 0.25) is 0 Å². The third-order valence-electron chi connectivity index (χ3n) is 2.61. The maximum Gasteiger partial charge on any atom is 0.341 e. The van der Waals surface area contributed by atoms with Crippen molar-refractivity contribution in [3.8, 4) is 5.69 Å². The second kappa shape index (κ2) is 6.65. The number of nitrogens with zero attached hydrogens (tertiary/aromatic N) is 3. The van der Waals surface area contributed by atoms with Crippen LogP contribution in [0, 0.1) is 5.92 Å². The van der Waals surface area contributed by atoms with Gasteiger partial charge in [-0.2, -0.15) is 10.1 Å². The van der Waals surface area contributed by atoms with Gasteiger partial charge in [0.05, 0.1) is 17.2 Å². The molecule has 0 spiro atoms. The smallest absolute Gasteiger partial charge is 0.336 e. The van der Waals surface area contributed by atoms with Crippen molar-refractivity contribution >= 4 is 6.03 Å². The molecule has 0 aliphatic carbocycles. The van der Waals surface area contributed by atoms with Crippen molar-refractivity contribution in [3.05, 3.63) is 54.1 Å². The summed E-state index contributed by atoms with van der Waals surface area (Å²) in [5.41, 5.74) is 0.961. The summed E-state index contributed by atoms with van der Waals surface area (Å²) in [4.78, 5) is 15.5. The normalized spacial score (nSPS) is 11.7. The van der Waals surface area contributed by atoms with Gasteiger partial charge in [-0.05, 0) is 24.1 Å². The number of hydrogen-bond donors (Lipinski definition) is 1. The second-order valence-electron chi connectivity index (χ2n) is 4.86. The van der Waals surface area contributed by atoms with Crippen molar-refractivity contribution in [2.75, 3.05) is 6.54 Å². The van der Waals surface area contributed by atoms with E-state index in [1.807, 2.05) is 44.2 Å². The number of hydrogen-bond acceptors (Lipinski definition) is 2. The number of rotatable bonds is 3. The SMILES string of the molecule is CC(C)CNC(=O)N=c1ccn(-c2ccccc2)nc1. The molecule has 0 aliphatic rings. The van der Waals surface area contributed by atoms with Crippen LogP contribution in [0.25, 0.3) is 5.69 Å². The zero-order chi connectivity index (χ0) is 14.4. The molecule has 2 rings (SSSR count). The Labute approximate surface area is 118 Å². The fourth-order valence-electron chi connectivity index (χ4n) is 1.60. The van der Waals surface area contributed by atoms with Gasteiger partial charge in [-0.1, -0.05) is 32.0 Å². The van der Waals surface area contributed by atoms with Crippen LogP contribution in [0.3, 0.4) is 0 Å². The van der Waals surface area contributed by atoms with Gasteiger partial charge in [0.2, 0.25) is 0 Å². The third kappa shape index (κ3) is 4.05. The predicted molar refractivity (Wildman–Crippen MR) is 77.4 cm³/mol. The molecule has 1 N–H and O–H groups in total.